The molecule has 3 nitrogen and oxygen atoms in total. The number of alkyl halides is 3. The number of aliphatic hydroxyl groups excluding tert-OH is 1. The molecular weight excluding hydrogens is 268 g/mol. The molecule has 2 atom stereocenters. The van der Waals surface area contributed by atoms with Gasteiger partial charge < -0.3 is 10.4 Å². The Morgan fingerprint density at radius 2 is 1.94 bits per heavy atom. The van der Waals surface area contributed by atoms with Crippen molar-refractivity contribution >= 4 is 29.1 Å². The molecule has 1 aromatic carbocycles. The van der Waals surface area contributed by atoms with Gasteiger partial charge in [-0.25, -0.2) is 4.39 Å². The highest BCUT2D eigenvalue weighted by atomic mass is 35.5. The van der Waals surface area contributed by atoms with Crippen LogP contribution in [0.1, 0.15) is 11.7 Å². The van der Waals surface area contributed by atoms with Crippen LogP contribution in [-0.4, -0.2) is 28.6 Å². The van der Waals surface area contributed by atoms with E-state index in [4.69, 9.17) is 23.2 Å². The number of hydrogen-bond acceptors (Lipinski definition) is 2. The molecule has 0 bridgehead atoms. The van der Waals surface area contributed by atoms with Gasteiger partial charge in [0.05, 0.1) is 6.04 Å². The van der Waals surface area contributed by atoms with Gasteiger partial charge in [-0.15, -0.1) is 0 Å². The van der Waals surface area contributed by atoms with Gasteiger partial charge in [-0.05, 0) is 5.56 Å². The molecule has 0 radical (unpaired) electrons. The summed E-state index contributed by atoms with van der Waals surface area (Å²) < 4.78 is 12.8. The topological polar surface area (TPSA) is 49.3 Å². The zero-order valence-corrected chi connectivity index (χ0v) is 10.3. The Kier molecular flexibility index (Phi) is 5.68. The molecule has 6 heteroatoms. The molecule has 1 aromatic rings. The van der Waals surface area contributed by atoms with Crippen LogP contribution in [-0.2, 0) is 4.79 Å². The van der Waals surface area contributed by atoms with Gasteiger partial charge in [-0.2, -0.15) is 0 Å². The molecule has 1 rings (SSSR count). The van der Waals surface area contributed by atoms with E-state index in [2.05, 4.69) is 5.32 Å². The van der Waals surface area contributed by atoms with Gasteiger partial charge >= 0.3 is 0 Å². The standard InChI is InChI=1S/C11H12Cl2FNO2/c12-10(13)11(17)15-8(6-14)9(16)7-4-2-1-3-5-7/h1-5,8-10,16H,6H2,(H,15,17). The number of carbonyl (C=O) groups excluding carboxylic acids is 1. The minimum atomic E-state index is -1.29. The molecule has 0 spiro atoms. The normalized spacial score (nSPS) is 14.4. The van der Waals surface area contributed by atoms with Crippen LogP contribution >= 0.6 is 23.2 Å². The fourth-order valence-corrected chi connectivity index (χ4v) is 1.46. The summed E-state index contributed by atoms with van der Waals surface area (Å²) >= 11 is 10.7. The Morgan fingerprint density at radius 3 is 2.41 bits per heavy atom. The largest absolute Gasteiger partial charge is 0.386 e. The highest BCUT2D eigenvalue weighted by molar-refractivity contribution is 6.53. The van der Waals surface area contributed by atoms with E-state index in [1.54, 1.807) is 30.3 Å². The summed E-state index contributed by atoms with van der Waals surface area (Å²) in [5, 5.41) is 12.1. The second kappa shape index (κ2) is 6.79. The van der Waals surface area contributed by atoms with Gasteiger partial charge in [0.1, 0.15) is 12.8 Å². The third-order valence-corrected chi connectivity index (χ3v) is 2.61. The molecule has 0 aliphatic carbocycles. The van der Waals surface area contributed by atoms with Crippen LogP contribution < -0.4 is 5.32 Å². The zero-order chi connectivity index (χ0) is 12.8. The number of amides is 1. The number of halogens is 3. The van der Waals surface area contributed by atoms with Crippen molar-refractivity contribution in [3.05, 3.63) is 35.9 Å². The highest BCUT2D eigenvalue weighted by Gasteiger charge is 2.24. The van der Waals surface area contributed by atoms with Gasteiger partial charge in [-0.3, -0.25) is 4.79 Å². The minimum absolute atomic E-state index is 0.510. The molecule has 2 unspecified atom stereocenters. The summed E-state index contributed by atoms with van der Waals surface area (Å²) in [5.41, 5.74) is 0.510. The number of carbonyl (C=O) groups is 1. The van der Waals surface area contributed by atoms with Crippen molar-refractivity contribution in [2.45, 2.75) is 17.0 Å². The predicted molar refractivity (Wildman–Crippen MR) is 64.8 cm³/mol. The molecule has 0 fully saturated rings. The lowest BCUT2D eigenvalue weighted by molar-refractivity contribution is -0.121. The van der Waals surface area contributed by atoms with Gasteiger partial charge in [0, 0.05) is 0 Å². The fourth-order valence-electron chi connectivity index (χ4n) is 1.33. The first-order valence-electron chi connectivity index (χ1n) is 4.93. The van der Waals surface area contributed by atoms with Crippen molar-refractivity contribution in [2.75, 3.05) is 6.67 Å². The third-order valence-electron chi connectivity index (χ3n) is 2.21. The lowest BCUT2D eigenvalue weighted by Gasteiger charge is -2.22. The molecule has 94 valence electrons. The first-order chi connectivity index (χ1) is 8.06. The second-order valence-electron chi connectivity index (χ2n) is 3.43. The minimum Gasteiger partial charge on any atom is -0.386 e. The van der Waals surface area contributed by atoms with Crippen molar-refractivity contribution in [3.8, 4) is 0 Å². The fraction of sp³-hybridized carbons (Fsp3) is 0.364. The van der Waals surface area contributed by atoms with Gasteiger partial charge in [-0.1, -0.05) is 53.5 Å². The summed E-state index contributed by atoms with van der Waals surface area (Å²) in [4.78, 5) is 9.91. The second-order valence-corrected chi connectivity index (χ2v) is 4.52. The molecule has 1 amide bonds. The first kappa shape index (κ1) is 14.2. The van der Waals surface area contributed by atoms with E-state index in [9.17, 15) is 14.3 Å². The SMILES string of the molecule is O=C(NC(CF)C(O)c1ccccc1)C(Cl)Cl. The Morgan fingerprint density at radius 1 is 1.35 bits per heavy atom. The van der Waals surface area contributed by atoms with Crippen LogP contribution in [0.15, 0.2) is 30.3 Å². The van der Waals surface area contributed by atoms with Crippen molar-refractivity contribution in [3.63, 3.8) is 0 Å². The molecule has 0 heterocycles. The molecule has 0 saturated heterocycles. The van der Waals surface area contributed by atoms with Crippen molar-refractivity contribution in [2.24, 2.45) is 0 Å². The number of benzene rings is 1. The molecule has 0 aliphatic rings. The molecule has 2 N–H and O–H groups in total. The maximum Gasteiger partial charge on any atom is 0.253 e. The lowest BCUT2D eigenvalue weighted by Crippen LogP contribution is -2.43. The monoisotopic (exact) mass is 279 g/mol. The van der Waals surface area contributed by atoms with E-state index < -0.39 is 29.6 Å². The van der Waals surface area contributed by atoms with Crippen molar-refractivity contribution in [1.29, 1.82) is 0 Å². The summed E-state index contributed by atoms with van der Waals surface area (Å²) in [7, 11) is 0. The molecule has 0 saturated carbocycles. The molecule has 0 aromatic heterocycles. The van der Waals surface area contributed by atoms with E-state index in [1.807, 2.05) is 0 Å². The molecule has 0 aliphatic heterocycles. The van der Waals surface area contributed by atoms with E-state index in [0.717, 1.165) is 0 Å². The lowest BCUT2D eigenvalue weighted by atomic mass is 10.0. The number of nitrogens with one attached hydrogen (secondary N) is 1. The Bertz CT molecular complexity index is 362. The van der Waals surface area contributed by atoms with Gasteiger partial charge in [0.2, 0.25) is 0 Å². The average molecular weight is 280 g/mol. The maximum absolute atomic E-state index is 12.8. The maximum atomic E-state index is 12.8. The average Bonchev–Trinajstić information content (AvgIpc) is 2.35. The van der Waals surface area contributed by atoms with Crippen LogP contribution in [0.3, 0.4) is 0 Å². The smallest absolute Gasteiger partial charge is 0.253 e. The Balaban J connectivity index is 2.71. The highest BCUT2D eigenvalue weighted by Crippen LogP contribution is 2.17. The summed E-state index contributed by atoms with van der Waals surface area (Å²) in [6, 6.07) is 7.40. The Labute approximate surface area is 109 Å². The van der Waals surface area contributed by atoms with E-state index in [1.165, 1.54) is 0 Å². The summed E-state index contributed by atoms with van der Waals surface area (Å²) in [5.74, 6) is -0.731. The van der Waals surface area contributed by atoms with Crippen LogP contribution in [0.4, 0.5) is 4.39 Å². The van der Waals surface area contributed by atoms with E-state index >= 15 is 0 Å². The van der Waals surface area contributed by atoms with Crippen molar-refractivity contribution in [1.82, 2.24) is 5.32 Å². The summed E-state index contributed by atoms with van der Waals surface area (Å²) in [6.07, 6.45) is -1.14. The summed E-state index contributed by atoms with van der Waals surface area (Å²) in [6.45, 7) is -0.914. The van der Waals surface area contributed by atoms with Crippen molar-refractivity contribution < 1.29 is 14.3 Å². The van der Waals surface area contributed by atoms with Crippen LogP contribution in [0.2, 0.25) is 0 Å². The van der Waals surface area contributed by atoms with Gasteiger partial charge in [0.15, 0.2) is 4.84 Å². The number of hydrogen-bond donors (Lipinski definition) is 2. The van der Waals surface area contributed by atoms with Crippen LogP contribution in [0, 0.1) is 0 Å². The Hall–Kier alpha value is -0.840. The van der Waals surface area contributed by atoms with E-state index in [0.29, 0.717) is 5.56 Å². The number of rotatable bonds is 5. The molecular formula is C11H12Cl2FNO2. The quantitative estimate of drug-likeness (QED) is 0.810. The number of aliphatic hydroxyl groups is 1. The molecule has 17 heavy (non-hydrogen) atoms. The predicted octanol–water partition coefficient (Wildman–Crippen LogP) is 1.98. The first-order valence-corrected chi connectivity index (χ1v) is 5.81. The van der Waals surface area contributed by atoms with Crippen LogP contribution in [0.25, 0.3) is 0 Å². The van der Waals surface area contributed by atoms with Crippen LogP contribution in [0.5, 0.6) is 0 Å². The zero-order valence-electron chi connectivity index (χ0n) is 8.82. The third kappa shape index (κ3) is 4.15. The van der Waals surface area contributed by atoms with E-state index in [-0.39, 0.29) is 0 Å². The van der Waals surface area contributed by atoms with Gasteiger partial charge in [0.25, 0.3) is 5.91 Å².